The van der Waals surface area contributed by atoms with Crippen molar-refractivity contribution < 1.29 is 18.0 Å². The summed E-state index contributed by atoms with van der Waals surface area (Å²) in [6.45, 7) is 1.99. The molecule has 0 spiro atoms. The second-order valence-electron chi connectivity index (χ2n) is 7.25. The Hall–Kier alpha value is -2.43. The Morgan fingerprint density at radius 2 is 1.93 bits per heavy atom. The van der Waals surface area contributed by atoms with Crippen molar-refractivity contribution in [2.75, 3.05) is 19.6 Å². The highest BCUT2D eigenvalue weighted by Gasteiger charge is 2.28. The van der Waals surface area contributed by atoms with Crippen molar-refractivity contribution in [3.05, 3.63) is 52.2 Å². The summed E-state index contributed by atoms with van der Waals surface area (Å²) in [5.74, 6) is -0.289. The van der Waals surface area contributed by atoms with E-state index in [2.05, 4.69) is 10.6 Å². The van der Waals surface area contributed by atoms with Crippen LogP contribution in [0.1, 0.15) is 23.3 Å². The number of sulfonamides is 1. The van der Waals surface area contributed by atoms with Crippen molar-refractivity contribution in [1.82, 2.24) is 15.5 Å². The molecule has 162 valence electrons. The number of thiophene rings is 1. The summed E-state index contributed by atoms with van der Waals surface area (Å²) in [5, 5.41) is 12.9. The number of hydrogen-bond donors (Lipinski definition) is 3. The molecule has 1 saturated heterocycles. The summed E-state index contributed by atoms with van der Waals surface area (Å²) >= 11 is 1.59. The lowest BCUT2D eigenvalue weighted by Gasteiger charge is -2.32. The summed E-state index contributed by atoms with van der Waals surface area (Å²) in [7, 11) is -3.70. The van der Waals surface area contributed by atoms with Crippen molar-refractivity contribution >= 4 is 33.3 Å². The molecule has 2 heterocycles. The first-order valence-electron chi connectivity index (χ1n) is 9.77. The Balaban J connectivity index is 1.43. The van der Waals surface area contributed by atoms with Gasteiger partial charge < -0.3 is 15.5 Å². The quantitative estimate of drug-likeness (QED) is 0.594. The molecule has 1 atom stereocenters. The van der Waals surface area contributed by atoms with Crippen molar-refractivity contribution in [1.29, 1.82) is 0 Å². The second-order valence-corrected chi connectivity index (χ2v) is 9.85. The number of benzene rings is 1. The fourth-order valence-electron chi connectivity index (χ4n) is 3.38. The van der Waals surface area contributed by atoms with Crippen LogP contribution in [-0.4, -0.2) is 44.9 Å². The van der Waals surface area contributed by atoms with Gasteiger partial charge in [-0.2, -0.15) is 0 Å². The van der Waals surface area contributed by atoms with Gasteiger partial charge in [-0.1, -0.05) is 18.2 Å². The number of carbonyl (C=O) groups excluding carboxylic acids is 2. The zero-order chi connectivity index (χ0) is 21.6. The molecule has 2 aromatic rings. The van der Waals surface area contributed by atoms with E-state index in [0.717, 1.165) is 23.3 Å². The molecule has 3 amide bonds. The highest BCUT2D eigenvalue weighted by atomic mass is 32.2. The first-order chi connectivity index (χ1) is 14.3. The molecule has 3 rings (SSSR count). The number of likely N-dealkylation sites (tertiary alicyclic amines) is 1. The van der Waals surface area contributed by atoms with E-state index in [9.17, 15) is 18.0 Å². The van der Waals surface area contributed by atoms with Crippen molar-refractivity contribution in [2.24, 2.45) is 11.1 Å². The van der Waals surface area contributed by atoms with Crippen LogP contribution in [0.2, 0.25) is 0 Å². The average molecular weight is 451 g/mol. The monoisotopic (exact) mass is 450 g/mol. The van der Waals surface area contributed by atoms with Gasteiger partial charge in [0.1, 0.15) is 0 Å². The normalized spacial score (nSPS) is 16.8. The highest BCUT2D eigenvalue weighted by molar-refractivity contribution is 7.89. The fourth-order valence-corrected chi connectivity index (χ4v) is 4.54. The highest BCUT2D eigenvalue weighted by Crippen LogP contribution is 2.17. The van der Waals surface area contributed by atoms with E-state index < -0.39 is 10.0 Å². The molecule has 0 radical (unpaired) electrons. The molecule has 30 heavy (non-hydrogen) atoms. The molecule has 0 saturated carbocycles. The fraction of sp³-hybridized carbons (Fsp3) is 0.400. The minimum Gasteiger partial charge on any atom is -0.355 e. The molecule has 1 fully saturated rings. The van der Waals surface area contributed by atoms with Crippen LogP contribution < -0.4 is 15.8 Å². The van der Waals surface area contributed by atoms with Gasteiger partial charge in [-0.25, -0.2) is 18.4 Å². The third kappa shape index (κ3) is 6.28. The molecule has 4 N–H and O–H groups in total. The minimum atomic E-state index is -3.70. The molecule has 0 aliphatic carbocycles. The Kier molecular flexibility index (Phi) is 7.46. The van der Waals surface area contributed by atoms with Crippen LogP contribution in [-0.2, 0) is 27.8 Å². The summed E-state index contributed by atoms with van der Waals surface area (Å²) in [4.78, 5) is 27.8. The minimum absolute atomic E-state index is 0.0630. The number of primary sulfonamides is 1. The molecule has 10 heteroatoms. The van der Waals surface area contributed by atoms with E-state index in [4.69, 9.17) is 5.14 Å². The molecule has 1 aliphatic rings. The van der Waals surface area contributed by atoms with Gasteiger partial charge in [0.05, 0.1) is 17.4 Å². The number of amides is 3. The maximum absolute atomic E-state index is 12.5. The Morgan fingerprint density at radius 3 is 2.60 bits per heavy atom. The van der Waals surface area contributed by atoms with Gasteiger partial charge in [-0.15, -0.1) is 11.3 Å². The number of urea groups is 1. The van der Waals surface area contributed by atoms with E-state index in [1.165, 1.54) is 12.1 Å². The summed E-state index contributed by atoms with van der Waals surface area (Å²) in [5.41, 5.74) is 0.904. The number of hydrogen-bond acceptors (Lipinski definition) is 5. The third-order valence-corrected chi connectivity index (χ3v) is 6.84. The van der Waals surface area contributed by atoms with Gasteiger partial charge in [0.15, 0.2) is 0 Å². The Morgan fingerprint density at radius 1 is 1.17 bits per heavy atom. The number of rotatable bonds is 7. The SMILES string of the molecule is NS(=O)(=O)c1ccc(CCNC(=O)C2CCCN(C(=O)NCc3cccs3)C2)cc1. The predicted molar refractivity (Wildman–Crippen MR) is 115 cm³/mol. The number of piperidine rings is 1. The van der Waals surface area contributed by atoms with Crippen LogP contribution in [0, 0.1) is 5.92 Å². The van der Waals surface area contributed by atoms with Gasteiger partial charge in [-0.05, 0) is 48.4 Å². The van der Waals surface area contributed by atoms with Gasteiger partial charge in [0.2, 0.25) is 15.9 Å². The van der Waals surface area contributed by atoms with Crippen molar-refractivity contribution in [3.8, 4) is 0 Å². The van der Waals surface area contributed by atoms with E-state index in [1.807, 2.05) is 17.5 Å². The van der Waals surface area contributed by atoms with Crippen molar-refractivity contribution in [2.45, 2.75) is 30.7 Å². The number of carbonyl (C=O) groups is 2. The van der Waals surface area contributed by atoms with Gasteiger partial charge in [-0.3, -0.25) is 4.79 Å². The molecular formula is C20H26N4O4S2. The van der Waals surface area contributed by atoms with Crippen LogP contribution in [0.5, 0.6) is 0 Å². The molecule has 1 unspecified atom stereocenters. The maximum Gasteiger partial charge on any atom is 0.317 e. The topological polar surface area (TPSA) is 122 Å². The maximum atomic E-state index is 12.5. The van der Waals surface area contributed by atoms with Gasteiger partial charge in [0, 0.05) is 24.5 Å². The second kappa shape index (κ2) is 10.1. The Bertz CT molecular complexity index is 959. The van der Waals surface area contributed by atoms with E-state index in [-0.39, 0.29) is 22.8 Å². The molecular weight excluding hydrogens is 424 g/mol. The van der Waals surface area contributed by atoms with Crippen LogP contribution in [0.25, 0.3) is 0 Å². The predicted octanol–water partition coefficient (Wildman–Crippen LogP) is 1.68. The Labute approximate surface area is 180 Å². The molecule has 8 nitrogen and oxygen atoms in total. The average Bonchev–Trinajstić information content (AvgIpc) is 3.25. The van der Waals surface area contributed by atoms with Crippen molar-refractivity contribution in [3.63, 3.8) is 0 Å². The van der Waals surface area contributed by atoms with Gasteiger partial charge in [0.25, 0.3) is 0 Å². The summed E-state index contributed by atoms with van der Waals surface area (Å²) < 4.78 is 22.6. The lowest BCUT2D eigenvalue weighted by molar-refractivity contribution is -0.126. The van der Waals surface area contributed by atoms with Crippen LogP contribution >= 0.6 is 11.3 Å². The van der Waals surface area contributed by atoms with Crippen LogP contribution in [0.3, 0.4) is 0 Å². The summed E-state index contributed by atoms with van der Waals surface area (Å²) in [6.07, 6.45) is 2.12. The number of nitrogens with two attached hydrogens (primary N) is 1. The van der Waals surface area contributed by atoms with Gasteiger partial charge >= 0.3 is 6.03 Å². The largest absolute Gasteiger partial charge is 0.355 e. The number of nitrogens with zero attached hydrogens (tertiary/aromatic N) is 1. The third-order valence-electron chi connectivity index (χ3n) is 5.04. The van der Waals surface area contributed by atoms with E-state index in [0.29, 0.717) is 32.6 Å². The first-order valence-corrected chi connectivity index (χ1v) is 12.2. The van der Waals surface area contributed by atoms with E-state index >= 15 is 0 Å². The number of nitrogens with one attached hydrogen (secondary N) is 2. The van der Waals surface area contributed by atoms with Crippen LogP contribution in [0.15, 0.2) is 46.7 Å². The van der Waals surface area contributed by atoms with Crippen LogP contribution in [0.4, 0.5) is 4.79 Å². The lowest BCUT2D eigenvalue weighted by Crippen LogP contribution is -2.48. The zero-order valence-electron chi connectivity index (χ0n) is 16.5. The molecule has 1 aromatic carbocycles. The molecule has 1 aromatic heterocycles. The molecule has 0 bridgehead atoms. The zero-order valence-corrected chi connectivity index (χ0v) is 18.2. The molecule has 1 aliphatic heterocycles. The summed E-state index contributed by atoms with van der Waals surface area (Å²) in [6, 6.07) is 10.1. The standard InChI is InChI=1S/C20H26N4O4S2/c21-30(27,28)18-7-5-15(6-8-18)9-10-22-19(25)16-3-1-11-24(14-16)20(26)23-13-17-4-2-12-29-17/h2,4-8,12,16H,1,3,9-11,13-14H2,(H,22,25)(H,23,26)(H2,21,27,28). The van der Waals surface area contributed by atoms with E-state index in [1.54, 1.807) is 28.4 Å². The first kappa shape index (κ1) is 22.3. The lowest BCUT2D eigenvalue weighted by atomic mass is 9.97. The smallest absolute Gasteiger partial charge is 0.317 e.